The van der Waals surface area contributed by atoms with Gasteiger partial charge in [-0.2, -0.15) is 9.78 Å². The Morgan fingerprint density at radius 3 is 2.67 bits per heavy atom. The molecule has 0 unspecified atom stereocenters. The Morgan fingerprint density at radius 2 is 1.86 bits per heavy atom. The highest BCUT2D eigenvalue weighted by molar-refractivity contribution is 8.00. The molecule has 0 spiro atoms. The first-order chi connectivity index (χ1) is 17.6. The SMILES string of the molecule is Cc1nn(-c2nc3ccccc3s2)c2c1[C@H](c1ccc(OCc3ccccc3F)cc1)SCC(=O)N2. The second-order valence-electron chi connectivity index (χ2n) is 8.41. The van der Waals surface area contributed by atoms with Gasteiger partial charge in [0.2, 0.25) is 11.0 Å². The van der Waals surface area contributed by atoms with E-state index in [1.54, 1.807) is 34.6 Å². The van der Waals surface area contributed by atoms with Gasteiger partial charge in [-0.15, -0.1) is 11.8 Å². The van der Waals surface area contributed by atoms with E-state index in [1.807, 2.05) is 55.5 Å². The second kappa shape index (κ2) is 9.40. The lowest BCUT2D eigenvalue weighted by molar-refractivity contribution is -0.113. The van der Waals surface area contributed by atoms with Gasteiger partial charge in [0.15, 0.2) is 0 Å². The number of nitrogens with zero attached hydrogens (tertiary/aromatic N) is 3. The number of thioether (sulfide) groups is 1. The Kier molecular flexibility index (Phi) is 5.94. The van der Waals surface area contributed by atoms with Gasteiger partial charge in [0, 0.05) is 11.1 Å². The third kappa shape index (κ3) is 4.25. The number of aromatic nitrogens is 3. The van der Waals surface area contributed by atoms with Crippen molar-refractivity contribution in [3.05, 3.63) is 101 Å². The number of nitrogens with one attached hydrogen (secondary N) is 1. The number of ether oxygens (including phenoxy) is 1. The van der Waals surface area contributed by atoms with E-state index in [-0.39, 0.29) is 23.6 Å². The van der Waals surface area contributed by atoms with E-state index in [1.165, 1.54) is 17.4 Å². The molecule has 0 aliphatic carbocycles. The van der Waals surface area contributed by atoms with Crippen molar-refractivity contribution in [3.8, 4) is 10.9 Å². The summed E-state index contributed by atoms with van der Waals surface area (Å²) in [6.07, 6.45) is 0. The Morgan fingerprint density at radius 1 is 1.08 bits per heavy atom. The van der Waals surface area contributed by atoms with Gasteiger partial charge in [-0.25, -0.2) is 9.37 Å². The van der Waals surface area contributed by atoms with Crippen molar-refractivity contribution in [2.45, 2.75) is 18.8 Å². The molecule has 0 fully saturated rings. The van der Waals surface area contributed by atoms with Crippen LogP contribution in [0.25, 0.3) is 15.3 Å². The number of hydrogen-bond acceptors (Lipinski definition) is 6. The first-order valence-corrected chi connectivity index (χ1v) is 13.3. The lowest BCUT2D eigenvalue weighted by Gasteiger charge is -2.16. The molecule has 5 aromatic rings. The van der Waals surface area contributed by atoms with Crippen LogP contribution in [0.4, 0.5) is 10.2 Å². The van der Waals surface area contributed by atoms with Crippen molar-refractivity contribution < 1.29 is 13.9 Å². The van der Waals surface area contributed by atoms with Crippen molar-refractivity contribution in [3.63, 3.8) is 0 Å². The fourth-order valence-corrected chi connectivity index (χ4v) is 6.36. The minimum atomic E-state index is -0.283. The quantitative estimate of drug-likeness (QED) is 0.298. The fraction of sp³-hybridized carbons (Fsp3) is 0.148. The number of fused-ring (bicyclic) bond motifs is 2. The molecule has 0 radical (unpaired) electrons. The highest BCUT2D eigenvalue weighted by Gasteiger charge is 2.31. The van der Waals surface area contributed by atoms with Gasteiger partial charge in [-0.1, -0.05) is 53.8 Å². The molecule has 9 heteroatoms. The standard InChI is InChI=1S/C27H21FN4O2S2/c1-16-24-25(17-10-12-19(13-11-17)34-14-18-6-2-3-7-20(18)28)35-15-23(33)30-26(24)32(31-16)27-29-21-8-4-5-9-22(21)36-27/h2-13,25H,14-15H2,1H3,(H,30,33)/t25-/m0/s1. The molecule has 1 atom stereocenters. The maximum Gasteiger partial charge on any atom is 0.235 e. The van der Waals surface area contributed by atoms with Crippen LogP contribution in [0, 0.1) is 12.7 Å². The zero-order chi connectivity index (χ0) is 24.6. The normalized spacial score (nSPS) is 15.4. The first-order valence-electron chi connectivity index (χ1n) is 11.4. The van der Waals surface area contributed by atoms with Crippen LogP contribution in [-0.2, 0) is 11.4 Å². The number of rotatable bonds is 5. The molecule has 3 heterocycles. The van der Waals surface area contributed by atoms with Crippen LogP contribution in [0.15, 0.2) is 72.8 Å². The average molecular weight is 517 g/mol. The van der Waals surface area contributed by atoms with Gasteiger partial charge < -0.3 is 10.1 Å². The van der Waals surface area contributed by atoms with E-state index in [0.29, 0.717) is 28.0 Å². The molecule has 180 valence electrons. The Bertz CT molecular complexity index is 1550. The summed E-state index contributed by atoms with van der Waals surface area (Å²) < 4.78 is 22.5. The Hall–Kier alpha value is -3.69. The number of carbonyl (C=O) groups is 1. The molecule has 1 aliphatic rings. The Labute approximate surface area is 215 Å². The minimum absolute atomic E-state index is 0.0733. The van der Waals surface area contributed by atoms with Crippen LogP contribution >= 0.6 is 23.1 Å². The van der Waals surface area contributed by atoms with Crippen molar-refractivity contribution in [2.75, 3.05) is 11.1 Å². The number of benzene rings is 3. The molecule has 0 saturated carbocycles. The van der Waals surface area contributed by atoms with Crippen LogP contribution in [0.2, 0.25) is 0 Å². The van der Waals surface area contributed by atoms with E-state index in [4.69, 9.17) is 14.8 Å². The number of anilines is 1. The largest absolute Gasteiger partial charge is 0.489 e. The smallest absolute Gasteiger partial charge is 0.235 e. The summed E-state index contributed by atoms with van der Waals surface area (Å²) in [5.41, 5.74) is 4.24. The first kappa shape index (κ1) is 22.8. The zero-order valence-electron chi connectivity index (χ0n) is 19.3. The van der Waals surface area contributed by atoms with Crippen molar-refractivity contribution >= 4 is 45.0 Å². The van der Waals surface area contributed by atoms with Crippen molar-refractivity contribution in [2.24, 2.45) is 0 Å². The number of amides is 1. The second-order valence-corrected chi connectivity index (χ2v) is 10.5. The molecule has 1 N–H and O–H groups in total. The summed E-state index contributed by atoms with van der Waals surface area (Å²) in [7, 11) is 0. The monoisotopic (exact) mass is 516 g/mol. The molecule has 6 rings (SSSR count). The highest BCUT2D eigenvalue weighted by Crippen LogP contribution is 2.44. The van der Waals surface area contributed by atoms with Gasteiger partial charge in [0.1, 0.15) is 24.0 Å². The summed E-state index contributed by atoms with van der Waals surface area (Å²) >= 11 is 3.10. The van der Waals surface area contributed by atoms with Gasteiger partial charge in [0.25, 0.3) is 0 Å². The zero-order valence-corrected chi connectivity index (χ0v) is 20.9. The number of thiazole rings is 1. The third-order valence-electron chi connectivity index (χ3n) is 6.01. The molecule has 6 nitrogen and oxygen atoms in total. The molecule has 36 heavy (non-hydrogen) atoms. The molecular weight excluding hydrogens is 495 g/mol. The lowest BCUT2D eigenvalue weighted by Crippen LogP contribution is -2.15. The van der Waals surface area contributed by atoms with E-state index in [9.17, 15) is 9.18 Å². The molecule has 0 saturated heterocycles. The molecule has 1 amide bonds. The van der Waals surface area contributed by atoms with Crippen molar-refractivity contribution in [1.29, 1.82) is 0 Å². The van der Waals surface area contributed by atoms with Crippen LogP contribution in [0.1, 0.15) is 27.6 Å². The number of para-hydroxylation sites is 1. The van der Waals surface area contributed by atoms with Gasteiger partial charge in [-0.3, -0.25) is 4.79 Å². The highest BCUT2D eigenvalue weighted by atomic mass is 32.2. The van der Waals surface area contributed by atoms with Gasteiger partial charge in [0.05, 0.1) is 26.9 Å². The van der Waals surface area contributed by atoms with Crippen molar-refractivity contribution in [1.82, 2.24) is 14.8 Å². The molecule has 1 aliphatic heterocycles. The van der Waals surface area contributed by atoms with E-state index in [0.717, 1.165) is 27.0 Å². The number of carbonyl (C=O) groups excluding carboxylic acids is 1. The summed E-state index contributed by atoms with van der Waals surface area (Å²) in [6.45, 7) is 2.11. The van der Waals surface area contributed by atoms with Crippen LogP contribution in [0.3, 0.4) is 0 Å². The topological polar surface area (TPSA) is 69.0 Å². The third-order valence-corrected chi connectivity index (χ3v) is 8.29. The summed E-state index contributed by atoms with van der Waals surface area (Å²) in [5.74, 6) is 1.28. The summed E-state index contributed by atoms with van der Waals surface area (Å²) in [5, 5.41) is 8.45. The molecule has 0 bridgehead atoms. The van der Waals surface area contributed by atoms with Gasteiger partial charge in [-0.05, 0) is 42.8 Å². The molecule has 3 aromatic carbocycles. The number of hydrogen-bond donors (Lipinski definition) is 1. The lowest BCUT2D eigenvalue weighted by atomic mass is 10.0. The predicted octanol–water partition coefficient (Wildman–Crippen LogP) is 6.28. The molecular formula is C27H21FN4O2S2. The number of aryl methyl sites for hydroxylation is 1. The Balaban J connectivity index is 1.32. The molecule has 2 aromatic heterocycles. The average Bonchev–Trinajstić information content (AvgIpc) is 3.40. The number of halogens is 1. The van der Waals surface area contributed by atoms with E-state index < -0.39 is 0 Å². The maximum atomic E-state index is 13.9. The van der Waals surface area contributed by atoms with Gasteiger partial charge >= 0.3 is 0 Å². The van der Waals surface area contributed by atoms with E-state index >= 15 is 0 Å². The van der Waals surface area contributed by atoms with Crippen LogP contribution in [0.5, 0.6) is 5.75 Å². The minimum Gasteiger partial charge on any atom is -0.489 e. The fourth-order valence-electron chi connectivity index (χ4n) is 4.25. The van der Waals surface area contributed by atoms with Crippen LogP contribution < -0.4 is 10.1 Å². The maximum absolute atomic E-state index is 13.9. The van der Waals surface area contributed by atoms with E-state index in [2.05, 4.69) is 5.32 Å². The predicted molar refractivity (Wildman–Crippen MR) is 142 cm³/mol. The van der Waals surface area contributed by atoms with Crippen LogP contribution in [-0.4, -0.2) is 26.4 Å². The summed E-state index contributed by atoms with van der Waals surface area (Å²) in [4.78, 5) is 17.4. The summed E-state index contributed by atoms with van der Waals surface area (Å²) in [6, 6.07) is 22.3.